The lowest BCUT2D eigenvalue weighted by molar-refractivity contribution is 0.378. The molecule has 0 spiro atoms. The summed E-state index contributed by atoms with van der Waals surface area (Å²) in [4.78, 5) is 0. The molecule has 0 amide bonds. The van der Waals surface area contributed by atoms with E-state index in [1.807, 2.05) is 79.7 Å². The van der Waals surface area contributed by atoms with E-state index in [0.717, 1.165) is 22.6 Å². The summed E-state index contributed by atoms with van der Waals surface area (Å²) in [6.45, 7) is 8.44. The minimum Gasteiger partial charge on any atom is -0.497 e. The van der Waals surface area contributed by atoms with E-state index in [1.54, 1.807) is 7.11 Å². The third-order valence-corrected chi connectivity index (χ3v) is 5.36. The van der Waals surface area contributed by atoms with Gasteiger partial charge in [0.1, 0.15) is 23.0 Å². The van der Waals surface area contributed by atoms with Crippen molar-refractivity contribution in [3.8, 4) is 23.0 Å². The van der Waals surface area contributed by atoms with Gasteiger partial charge in [-0.1, -0.05) is 57.2 Å². The van der Waals surface area contributed by atoms with E-state index in [-0.39, 0.29) is 5.41 Å². The van der Waals surface area contributed by atoms with Gasteiger partial charge in [-0.3, -0.25) is 0 Å². The third-order valence-electron chi connectivity index (χ3n) is 4.30. The van der Waals surface area contributed by atoms with Crippen LogP contribution in [0.3, 0.4) is 0 Å². The van der Waals surface area contributed by atoms with Crippen LogP contribution in [-0.2, 0) is 5.41 Å². The van der Waals surface area contributed by atoms with Crippen molar-refractivity contribution in [2.45, 2.75) is 33.1 Å². The molecule has 0 aromatic heterocycles. The van der Waals surface area contributed by atoms with Crippen molar-refractivity contribution in [3.63, 3.8) is 0 Å². The van der Waals surface area contributed by atoms with Gasteiger partial charge in [-0.15, -0.1) is 0 Å². The quantitative estimate of drug-likeness (QED) is 0.391. The van der Waals surface area contributed by atoms with E-state index in [1.165, 1.54) is 0 Å². The van der Waals surface area contributed by atoms with Crippen LogP contribution >= 0.6 is 8.60 Å². The van der Waals surface area contributed by atoms with Gasteiger partial charge in [-0.05, 0) is 54.3 Å². The molecule has 0 radical (unpaired) electrons. The maximum atomic E-state index is 6.38. The van der Waals surface area contributed by atoms with Crippen LogP contribution in [0.4, 0.5) is 0 Å². The van der Waals surface area contributed by atoms with E-state index >= 15 is 0 Å². The van der Waals surface area contributed by atoms with Crippen LogP contribution in [0, 0.1) is 6.92 Å². The van der Waals surface area contributed by atoms with Crippen molar-refractivity contribution in [2.24, 2.45) is 0 Å². The van der Waals surface area contributed by atoms with Crippen LogP contribution in [0.1, 0.15) is 31.9 Å². The highest BCUT2D eigenvalue weighted by Gasteiger charge is 2.27. The Bertz CT molecular complexity index is 879. The summed E-state index contributed by atoms with van der Waals surface area (Å²) in [6.07, 6.45) is 0. The molecular weight excluding hydrogens is 383 g/mol. The lowest BCUT2D eigenvalue weighted by atomic mass is 9.85. The van der Waals surface area contributed by atoms with Crippen molar-refractivity contribution >= 4 is 8.60 Å². The predicted octanol–water partition coefficient (Wildman–Crippen LogP) is 7.06. The molecule has 29 heavy (non-hydrogen) atoms. The fraction of sp³-hybridized carbons (Fsp3) is 0.250. The molecule has 0 aliphatic rings. The van der Waals surface area contributed by atoms with Crippen molar-refractivity contribution in [1.29, 1.82) is 0 Å². The summed E-state index contributed by atoms with van der Waals surface area (Å²) >= 11 is 0. The van der Waals surface area contributed by atoms with Gasteiger partial charge >= 0.3 is 8.60 Å². The lowest BCUT2D eigenvalue weighted by Crippen LogP contribution is -2.15. The molecule has 0 aliphatic carbocycles. The van der Waals surface area contributed by atoms with Crippen LogP contribution in [-0.4, -0.2) is 7.11 Å². The average molecular weight is 410 g/mol. The molecule has 0 bridgehead atoms. The van der Waals surface area contributed by atoms with Gasteiger partial charge in [0.15, 0.2) is 0 Å². The molecule has 0 N–H and O–H groups in total. The second-order valence-electron chi connectivity index (χ2n) is 7.69. The summed E-state index contributed by atoms with van der Waals surface area (Å²) in [5.41, 5.74) is 1.86. The van der Waals surface area contributed by atoms with E-state index in [9.17, 15) is 0 Å². The van der Waals surface area contributed by atoms with Gasteiger partial charge in [-0.2, -0.15) is 0 Å². The zero-order chi connectivity index (χ0) is 20.9. The monoisotopic (exact) mass is 410 g/mol. The van der Waals surface area contributed by atoms with Crippen LogP contribution in [0.5, 0.6) is 23.0 Å². The van der Waals surface area contributed by atoms with Gasteiger partial charge in [0.25, 0.3) is 0 Å². The molecule has 3 aromatic carbocycles. The molecule has 0 unspecified atom stereocenters. The lowest BCUT2D eigenvalue weighted by Gasteiger charge is -2.26. The van der Waals surface area contributed by atoms with Crippen LogP contribution in [0.2, 0.25) is 0 Å². The number of hydrogen-bond donors (Lipinski definition) is 0. The molecule has 0 saturated heterocycles. The number of hydrogen-bond acceptors (Lipinski definition) is 4. The number of ether oxygens (including phenoxy) is 1. The highest BCUT2D eigenvalue weighted by atomic mass is 31.2. The van der Waals surface area contributed by atoms with E-state index in [0.29, 0.717) is 11.5 Å². The van der Waals surface area contributed by atoms with Crippen molar-refractivity contribution in [1.82, 2.24) is 0 Å². The second kappa shape index (κ2) is 9.19. The predicted molar refractivity (Wildman–Crippen MR) is 118 cm³/mol. The van der Waals surface area contributed by atoms with E-state index < -0.39 is 8.60 Å². The van der Waals surface area contributed by atoms with Gasteiger partial charge in [0.05, 0.1) is 7.11 Å². The fourth-order valence-corrected chi connectivity index (χ4v) is 3.89. The Hall–Kier alpha value is -2.71. The minimum atomic E-state index is -1.72. The molecule has 3 aromatic rings. The number of rotatable bonds is 7. The van der Waals surface area contributed by atoms with E-state index in [4.69, 9.17) is 18.3 Å². The van der Waals surface area contributed by atoms with Gasteiger partial charge in [0.2, 0.25) is 0 Å². The average Bonchev–Trinajstić information content (AvgIpc) is 2.70. The first-order chi connectivity index (χ1) is 13.9. The van der Waals surface area contributed by atoms with Crippen molar-refractivity contribution < 1.29 is 18.3 Å². The summed E-state index contributed by atoms with van der Waals surface area (Å²) < 4.78 is 24.0. The summed E-state index contributed by atoms with van der Waals surface area (Å²) in [5, 5.41) is 0. The zero-order valence-corrected chi connectivity index (χ0v) is 18.4. The Labute approximate surface area is 174 Å². The Balaban J connectivity index is 1.96. The normalized spacial score (nSPS) is 11.2. The first kappa shape index (κ1) is 21.0. The Morgan fingerprint density at radius 2 is 1.21 bits per heavy atom. The third kappa shape index (κ3) is 5.65. The van der Waals surface area contributed by atoms with Gasteiger partial charge in [0, 0.05) is 5.56 Å². The van der Waals surface area contributed by atoms with Gasteiger partial charge in [-0.25, -0.2) is 0 Å². The fourth-order valence-electron chi connectivity index (χ4n) is 2.80. The maximum Gasteiger partial charge on any atom is 0.530 e. The zero-order valence-electron chi connectivity index (χ0n) is 17.5. The molecular formula is C24H27O4P. The maximum absolute atomic E-state index is 6.38. The molecule has 0 aliphatic heterocycles. The molecule has 152 valence electrons. The van der Waals surface area contributed by atoms with Crippen molar-refractivity contribution in [3.05, 3.63) is 83.9 Å². The molecule has 0 saturated carbocycles. The number of aryl methyl sites for hydroxylation is 1. The summed E-state index contributed by atoms with van der Waals surface area (Å²) in [5.74, 6) is 2.95. The topological polar surface area (TPSA) is 36.9 Å². The first-order valence-corrected chi connectivity index (χ1v) is 10.6. The minimum absolute atomic E-state index is 0.144. The molecule has 3 rings (SSSR count). The number of benzene rings is 3. The summed E-state index contributed by atoms with van der Waals surface area (Å²) in [6, 6.07) is 23.1. The standard InChI is InChI=1S/C24H27O4P/c1-18-16-21(25-5)17-22(24(2,3)4)23(18)28-29(26-19-12-8-6-9-13-19)27-20-14-10-7-11-15-20/h6-17H,1-5H3. The SMILES string of the molecule is COc1cc(C)c(OP(Oc2ccccc2)Oc2ccccc2)c(C(C)(C)C)c1. The van der Waals surface area contributed by atoms with Crippen LogP contribution in [0.25, 0.3) is 0 Å². The smallest absolute Gasteiger partial charge is 0.497 e. The highest BCUT2D eigenvalue weighted by Crippen LogP contribution is 2.47. The van der Waals surface area contributed by atoms with E-state index in [2.05, 4.69) is 20.8 Å². The second-order valence-corrected chi connectivity index (χ2v) is 8.69. The molecule has 0 fully saturated rings. The van der Waals surface area contributed by atoms with Gasteiger partial charge < -0.3 is 18.3 Å². The number of methoxy groups -OCH3 is 1. The highest BCUT2D eigenvalue weighted by molar-refractivity contribution is 7.43. The Kier molecular flexibility index (Phi) is 6.66. The Morgan fingerprint density at radius 1 is 0.690 bits per heavy atom. The van der Waals surface area contributed by atoms with Crippen molar-refractivity contribution in [2.75, 3.05) is 7.11 Å². The molecule has 4 nitrogen and oxygen atoms in total. The Morgan fingerprint density at radius 3 is 1.66 bits per heavy atom. The first-order valence-electron chi connectivity index (χ1n) is 9.50. The number of para-hydroxylation sites is 2. The largest absolute Gasteiger partial charge is 0.530 e. The van der Waals surface area contributed by atoms with Crippen LogP contribution < -0.4 is 18.3 Å². The summed E-state index contributed by atoms with van der Waals surface area (Å²) in [7, 11) is -0.0515. The molecule has 0 atom stereocenters. The molecule has 5 heteroatoms. The van der Waals surface area contributed by atoms with Crippen LogP contribution in [0.15, 0.2) is 72.8 Å². The molecule has 0 heterocycles.